The molecule has 1 heterocycles. The zero-order chi connectivity index (χ0) is 12.1. The van der Waals surface area contributed by atoms with Crippen LogP contribution in [0.4, 0.5) is 0 Å². The van der Waals surface area contributed by atoms with Crippen LogP contribution in [0.1, 0.15) is 21.6 Å². The summed E-state index contributed by atoms with van der Waals surface area (Å²) in [6.07, 6.45) is 5.00. The van der Waals surface area contributed by atoms with Crippen molar-refractivity contribution in [1.82, 2.24) is 4.98 Å². The molecule has 0 bridgehead atoms. The van der Waals surface area contributed by atoms with Gasteiger partial charge in [0.2, 0.25) is 5.78 Å². The van der Waals surface area contributed by atoms with Crippen molar-refractivity contribution in [2.24, 2.45) is 0 Å². The molecule has 2 nitrogen and oxygen atoms in total. The Morgan fingerprint density at radius 2 is 1.88 bits per heavy atom. The Bertz CT molecular complexity index is 544. The average Bonchev–Trinajstić information content (AvgIpc) is 2.38. The number of benzene rings is 1. The molecule has 0 aliphatic heterocycles. The Labute approximate surface area is 101 Å². The van der Waals surface area contributed by atoms with Gasteiger partial charge in [0.25, 0.3) is 0 Å². The van der Waals surface area contributed by atoms with Crippen LogP contribution in [0, 0.1) is 6.92 Å². The number of carbonyl (C=O) groups is 1. The van der Waals surface area contributed by atoms with E-state index >= 15 is 0 Å². The van der Waals surface area contributed by atoms with Crippen molar-refractivity contribution in [2.45, 2.75) is 6.92 Å². The van der Waals surface area contributed by atoms with Crippen molar-refractivity contribution in [3.8, 4) is 0 Å². The predicted octanol–water partition coefficient (Wildman–Crippen LogP) is 3.29. The Morgan fingerprint density at radius 3 is 2.59 bits per heavy atom. The molecule has 0 unspecified atom stereocenters. The molecule has 84 valence electrons. The predicted molar refractivity (Wildman–Crippen MR) is 68.8 cm³/mol. The molecule has 2 aromatic rings. The van der Waals surface area contributed by atoms with Crippen molar-refractivity contribution < 1.29 is 4.79 Å². The molecule has 0 atom stereocenters. The quantitative estimate of drug-likeness (QED) is 0.590. The molecular formula is C15H13NO. The number of allylic oxidation sites excluding steroid dienone is 1. The Morgan fingerprint density at radius 1 is 1.12 bits per heavy atom. The summed E-state index contributed by atoms with van der Waals surface area (Å²) in [5.41, 5.74) is 2.42. The van der Waals surface area contributed by atoms with Crippen LogP contribution in [-0.4, -0.2) is 10.8 Å². The second kappa shape index (κ2) is 5.21. The van der Waals surface area contributed by atoms with E-state index in [1.54, 1.807) is 18.3 Å². The van der Waals surface area contributed by atoms with Crippen LogP contribution in [0.3, 0.4) is 0 Å². The standard InChI is InChI=1S/C15H13NO/c1-12-6-5-11-16-15(12)14(17)10-9-13-7-3-2-4-8-13/h2-11H,1H3/b10-9+. The molecule has 2 heteroatoms. The minimum Gasteiger partial charge on any atom is -0.288 e. The fraction of sp³-hybridized carbons (Fsp3) is 0.0667. The highest BCUT2D eigenvalue weighted by molar-refractivity contribution is 6.06. The SMILES string of the molecule is Cc1cccnc1C(=O)/C=C/c1ccccc1. The number of hydrogen-bond acceptors (Lipinski definition) is 2. The maximum Gasteiger partial charge on any atom is 0.204 e. The van der Waals surface area contributed by atoms with Gasteiger partial charge in [-0.2, -0.15) is 0 Å². The van der Waals surface area contributed by atoms with E-state index < -0.39 is 0 Å². The third-order valence-electron chi connectivity index (χ3n) is 2.47. The number of hydrogen-bond donors (Lipinski definition) is 0. The van der Waals surface area contributed by atoms with Gasteiger partial charge in [0.15, 0.2) is 0 Å². The molecule has 2 rings (SSSR count). The largest absolute Gasteiger partial charge is 0.288 e. The van der Waals surface area contributed by atoms with E-state index in [4.69, 9.17) is 0 Å². The lowest BCUT2D eigenvalue weighted by atomic mass is 10.1. The Balaban J connectivity index is 2.18. The molecule has 0 aliphatic rings. The lowest BCUT2D eigenvalue weighted by Gasteiger charge is -1.98. The Kier molecular flexibility index (Phi) is 3.46. The van der Waals surface area contributed by atoms with Crippen molar-refractivity contribution in [3.05, 3.63) is 71.6 Å². The molecule has 0 saturated carbocycles. The minimum atomic E-state index is -0.0630. The minimum absolute atomic E-state index is 0.0630. The molecule has 0 radical (unpaired) electrons. The second-order valence-corrected chi connectivity index (χ2v) is 3.78. The first-order valence-electron chi connectivity index (χ1n) is 5.46. The number of rotatable bonds is 3. The van der Waals surface area contributed by atoms with E-state index in [0.717, 1.165) is 11.1 Å². The highest BCUT2D eigenvalue weighted by Gasteiger charge is 2.05. The zero-order valence-corrected chi connectivity index (χ0v) is 9.63. The second-order valence-electron chi connectivity index (χ2n) is 3.78. The maximum absolute atomic E-state index is 11.9. The number of pyridine rings is 1. The van der Waals surface area contributed by atoms with Gasteiger partial charge in [0.1, 0.15) is 5.69 Å². The molecule has 0 fully saturated rings. The molecule has 0 aliphatic carbocycles. The molecule has 0 N–H and O–H groups in total. The van der Waals surface area contributed by atoms with Gasteiger partial charge >= 0.3 is 0 Å². The summed E-state index contributed by atoms with van der Waals surface area (Å²) in [5.74, 6) is -0.0630. The average molecular weight is 223 g/mol. The van der Waals surface area contributed by atoms with Gasteiger partial charge in [-0.05, 0) is 30.2 Å². The summed E-state index contributed by atoms with van der Waals surface area (Å²) in [6.45, 7) is 1.89. The van der Waals surface area contributed by atoms with Gasteiger partial charge in [-0.15, -0.1) is 0 Å². The van der Waals surface area contributed by atoms with Crippen molar-refractivity contribution in [1.29, 1.82) is 0 Å². The summed E-state index contributed by atoms with van der Waals surface area (Å²) in [4.78, 5) is 16.0. The number of aryl methyl sites for hydroxylation is 1. The maximum atomic E-state index is 11.9. The molecule has 0 amide bonds. The fourth-order valence-corrected chi connectivity index (χ4v) is 1.56. The number of ketones is 1. The normalized spacial score (nSPS) is 10.6. The first kappa shape index (κ1) is 11.3. The molecular weight excluding hydrogens is 210 g/mol. The van der Waals surface area contributed by atoms with Crippen LogP contribution in [0.5, 0.6) is 0 Å². The van der Waals surface area contributed by atoms with Gasteiger partial charge < -0.3 is 0 Å². The van der Waals surface area contributed by atoms with Gasteiger partial charge in [-0.1, -0.05) is 42.5 Å². The van der Waals surface area contributed by atoms with Crippen molar-refractivity contribution >= 4 is 11.9 Å². The van der Waals surface area contributed by atoms with Gasteiger partial charge in [0, 0.05) is 6.20 Å². The van der Waals surface area contributed by atoms with Crippen LogP contribution in [0.25, 0.3) is 6.08 Å². The van der Waals surface area contributed by atoms with Crippen LogP contribution in [0.2, 0.25) is 0 Å². The summed E-state index contributed by atoms with van der Waals surface area (Å²) < 4.78 is 0. The first-order chi connectivity index (χ1) is 8.27. The van der Waals surface area contributed by atoms with E-state index in [9.17, 15) is 4.79 Å². The van der Waals surface area contributed by atoms with Gasteiger partial charge in [0.05, 0.1) is 0 Å². The first-order valence-corrected chi connectivity index (χ1v) is 5.46. The number of nitrogens with zero attached hydrogens (tertiary/aromatic N) is 1. The van der Waals surface area contributed by atoms with Crippen molar-refractivity contribution in [3.63, 3.8) is 0 Å². The monoisotopic (exact) mass is 223 g/mol. The fourth-order valence-electron chi connectivity index (χ4n) is 1.56. The molecule has 0 spiro atoms. The lowest BCUT2D eigenvalue weighted by molar-refractivity contribution is 0.104. The highest BCUT2D eigenvalue weighted by Crippen LogP contribution is 2.07. The number of aromatic nitrogens is 1. The summed E-state index contributed by atoms with van der Waals surface area (Å²) >= 11 is 0. The molecule has 1 aromatic heterocycles. The topological polar surface area (TPSA) is 30.0 Å². The summed E-state index contributed by atoms with van der Waals surface area (Å²) in [7, 11) is 0. The molecule has 17 heavy (non-hydrogen) atoms. The van der Waals surface area contributed by atoms with Crippen LogP contribution in [0.15, 0.2) is 54.7 Å². The van der Waals surface area contributed by atoms with E-state index in [2.05, 4.69) is 4.98 Å². The van der Waals surface area contributed by atoms with Crippen LogP contribution in [-0.2, 0) is 0 Å². The molecule has 1 aromatic carbocycles. The van der Waals surface area contributed by atoms with Crippen LogP contribution >= 0.6 is 0 Å². The third kappa shape index (κ3) is 2.88. The lowest BCUT2D eigenvalue weighted by Crippen LogP contribution is -2.00. The van der Waals surface area contributed by atoms with Crippen LogP contribution < -0.4 is 0 Å². The van der Waals surface area contributed by atoms with Gasteiger partial charge in [-0.25, -0.2) is 0 Å². The molecule has 0 saturated heterocycles. The third-order valence-corrected chi connectivity index (χ3v) is 2.47. The van der Waals surface area contributed by atoms with E-state index in [-0.39, 0.29) is 5.78 Å². The number of carbonyl (C=O) groups excluding carboxylic acids is 1. The highest BCUT2D eigenvalue weighted by atomic mass is 16.1. The smallest absolute Gasteiger partial charge is 0.204 e. The van der Waals surface area contributed by atoms with E-state index in [1.165, 1.54) is 0 Å². The van der Waals surface area contributed by atoms with E-state index in [1.807, 2.05) is 49.4 Å². The van der Waals surface area contributed by atoms with Gasteiger partial charge in [-0.3, -0.25) is 9.78 Å². The Hall–Kier alpha value is -2.22. The summed E-state index contributed by atoms with van der Waals surface area (Å²) in [5, 5.41) is 0. The summed E-state index contributed by atoms with van der Waals surface area (Å²) in [6, 6.07) is 13.4. The zero-order valence-electron chi connectivity index (χ0n) is 9.63. The van der Waals surface area contributed by atoms with Crippen molar-refractivity contribution in [2.75, 3.05) is 0 Å². The van der Waals surface area contributed by atoms with E-state index in [0.29, 0.717) is 5.69 Å².